The van der Waals surface area contributed by atoms with Gasteiger partial charge in [-0.05, 0) is 30.3 Å². The van der Waals surface area contributed by atoms with Crippen molar-refractivity contribution < 1.29 is 4.79 Å². The van der Waals surface area contributed by atoms with Gasteiger partial charge in [-0.3, -0.25) is 14.7 Å². The minimum atomic E-state index is 0.0572. The Morgan fingerprint density at radius 3 is 2.65 bits per heavy atom. The number of rotatable bonds is 4. The lowest BCUT2D eigenvalue weighted by atomic mass is 10.2. The molecular weight excluding hydrogens is 344 g/mol. The summed E-state index contributed by atoms with van der Waals surface area (Å²) in [7, 11) is 0. The number of piperazine rings is 1. The van der Waals surface area contributed by atoms with Crippen LogP contribution in [0.2, 0.25) is 0 Å². The van der Waals surface area contributed by atoms with E-state index in [1.165, 1.54) is 0 Å². The van der Waals surface area contributed by atoms with Crippen LogP contribution in [-0.4, -0.2) is 51.9 Å². The third-order valence-electron chi connectivity index (χ3n) is 4.47. The van der Waals surface area contributed by atoms with E-state index in [9.17, 15) is 4.79 Å². The third kappa shape index (κ3) is 3.98. The SMILES string of the molecule is O=C(C=Cc1nc2ccccc2s1)N1CCN(Cc2ccccn2)CC1. The van der Waals surface area contributed by atoms with Crippen molar-refractivity contribution in [2.24, 2.45) is 0 Å². The van der Waals surface area contributed by atoms with Crippen LogP contribution in [0.5, 0.6) is 0 Å². The first-order valence-electron chi connectivity index (χ1n) is 8.73. The van der Waals surface area contributed by atoms with Crippen molar-refractivity contribution in [1.82, 2.24) is 19.8 Å². The summed E-state index contributed by atoms with van der Waals surface area (Å²) in [5.41, 5.74) is 2.05. The van der Waals surface area contributed by atoms with Gasteiger partial charge in [-0.25, -0.2) is 4.98 Å². The maximum atomic E-state index is 12.4. The second-order valence-electron chi connectivity index (χ2n) is 6.28. The average molecular weight is 364 g/mol. The number of fused-ring (bicyclic) bond motifs is 1. The number of pyridine rings is 1. The molecule has 3 heterocycles. The van der Waals surface area contributed by atoms with Gasteiger partial charge in [0.05, 0.1) is 15.9 Å². The Hall–Kier alpha value is -2.57. The van der Waals surface area contributed by atoms with E-state index in [0.29, 0.717) is 0 Å². The summed E-state index contributed by atoms with van der Waals surface area (Å²) in [5.74, 6) is 0.0572. The predicted octanol–water partition coefficient (Wildman–Crippen LogP) is 3.05. The maximum Gasteiger partial charge on any atom is 0.246 e. The van der Waals surface area contributed by atoms with Crippen molar-refractivity contribution in [1.29, 1.82) is 0 Å². The molecule has 4 rings (SSSR count). The molecule has 0 radical (unpaired) electrons. The number of amides is 1. The van der Waals surface area contributed by atoms with Gasteiger partial charge in [-0.1, -0.05) is 18.2 Å². The quantitative estimate of drug-likeness (QED) is 0.668. The number of carbonyl (C=O) groups is 1. The second-order valence-corrected chi connectivity index (χ2v) is 7.34. The number of para-hydroxylation sites is 1. The van der Waals surface area contributed by atoms with Gasteiger partial charge in [0.1, 0.15) is 5.01 Å². The number of hydrogen-bond donors (Lipinski definition) is 0. The molecule has 0 saturated carbocycles. The Labute approximate surface area is 156 Å². The van der Waals surface area contributed by atoms with Gasteiger partial charge >= 0.3 is 0 Å². The molecule has 2 aromatic heterocycles. The van der Waals surface area contributed by atoms with Gasteiger partial charge in [0.25, 0.3) is 0 Å². The zero-order chi connectivity index (χ0) is 17.8. The molecule has 1 aliphatic rings. The van der Waals surface area contributed by atoms with Gasteiger partial charge in [0, 0.05) is 45.0 Å². The fourth-order valence-electron chi connectivity index (χ4n) is 3.06. The Morgan fingerprint density at radius 2 is 1.88 bits per heavy atom. The number of carbonyl (C=O) groups excluding carboxylic acids is 1. The van der Waals surface area contributed by atoms with E-state index in [1.54, 1.807) is 17.4 Å². The summed E-state index contributed by atoms with van der Waals surface area (Å²) < 4.78 is 1.14. The summed E-state index contributed by atoms with van der Waals surface area (Å²) in [6, 6.07) is 14.0. The minimum Gasteiger partial charge on any atom is -0.337 e. The summed E-state index contributed by atoms with van der Waals surface area (Å²) in [6.07, 6.45) is 5.29. The number of hydrogen-bond acceptors (Lipinski definition) is 5. The Bertz CT molecular complexity index is 881. The number of aromatic nitrogens is 2. The number of benzene rings is 1. The summed E-state index contributed by atoms with van der Waals surface area (Å²) in [6.45, 7) is 4.07. The normalized spacial score (nSPS) is 15.8. The molecule has 1 saturated heterocycles. The third-order valence-corrected chi connectivity index (χ3v) is 5.48. The van der Waals surface area contributed by atoms with Crippen LogP contribution in [-0.2, 0) is 11.3 Å². The highest BCUT2D eigenvalue weighted by Gasteiger charge is 2.19. The molecule has 26 heavy (non-hydrogen) atoms. The molecule has 0 atom stereocenters. The van der Waals surface area contributed by atoms with Crippen molar-refractivity contribution in [2.45, 2.75) is 6.54 Å². The fourth-order valence-corrected chi connectivity index (χ4v) is 3.93. The first-order chi connectivity index (χ1) is 12.8. The molecule has 0 spiro atoms. The number of nitrogens with zero attached hydrogens (tertiary/aromatic N) is 4. The van der Waals surface area contributed by atoms with Gasteiger partial charge in [-0.15, -0.1) is 11.3 Å². The lowest BCUT2D eigenvalue weighted by Gasteiger charge is -2.34. The van der Waals surface area contributed by atoms with Crippen LogP contribution in [0.1, 0.15) is 10.7 Å². The Kier molecular flexibility index (Phi) is 5.04. The van der Waals surface area contributed by atoms with Crippen LogP contribution in [0.3, 0.4) is 0 Å². The molecule has 6 heteroatoms. The summed E-state index contributed by atoms with van der Waals surface area (Å²) in [5, 5.41) is 0.869. The van der Waals surface area contributed by atoms with Crippen molar-refractivity contribution in [2.75, 3.05) is 26.2 Å². The molecule has 0 aliphatic carbocycles. The number of thiazole rings is 1. The highest BCUT2D eigenvalue weighted by Crippen LogP contribution is 2.22. The molecule has 0 N–H and O–H groups in total. The van der Waals surface area contributed by atoms with E-state index in [4.69, 9.17) is 0 Å². The first kappa shape index (κ1) is 16.9. The Balaban J connectivity index is 1.32. The molecule has 1 aliphatic heterocycles. The lowest BCUT2D eigenvalue weighted by Crippen LogP contribution is -2.47. The molecule has 3 aromatic rings. The van der Waals surface area contributed by atoms with E-state index >= 15 is 0 Å². The highest BCUT2D eigenvalue weighted by atomic mass is 32.1. The molecule has 0 bridgehead atoms. The van der Waals surface area contributed by atoms with E-state index in [2.05, 4.69) is 14.9 Å². The lowest BCUT2D eigenvalue weighted by molar-refractivity contribution is -0.127. The molecule has 1 aromatic carbocycles. The average Bonchev–Trinajstić information content (AvgIpc) is 3.10. The monoisotopic (exact) mass is 364 g/mol. The molecule has 0 unspecified atom stereocenters. The van der Waals surface area contributed by atoms with E-state index in [0.717, 1.165) is 53.6 Å². The van der Waals surface area contributed by atoms with Crippen LogP contribution in [0.15, 0.2) is 54.7 Å². The molecular formula is C20H20N4OS. The van der Waals surface area contributed by atoms with E-state index in [-0.39, 0.29) is 5.91 Å². The topological polar surface area (TPSA) is 49.3 Å². The van der Waals surface area contributed by atoms with Crippen LogP contribution in [0.4, 0.5) is 0 Å². The maximum absolute atomic E-state index is 12.4. The fraction of sp³-hybridized carbons (Fsp3) is 0.250. The van der Waals surface area contributed by atoms with Crippen LogP contribution in [0, 0.1) is 0 Å². The van der Waals surface area contributed by atoms with Gasteiger partial charge in [0.15, 0.2) is 0 Å². The standard InChI is InChI=1S/C20H20N4OS/c25-20(9-8-19-22-17-6-1-2-7-18(17)26-19)24-13-11-23(12-14-24)15-16-5-3-4-10-21-16/h1-10H,11-15H2. The van der Waals surface area contributed by atoms with Crippen molar-refractivity contribution in [3.63, 3.8) is 0 Å². The molecule has 1 fully saturated rings. The predicted molar refractivity (Wildman–Crippen MR) is 105 cm³/mol. The van der Waals surface area contributed by atoms with Crippen LogP contribution >= 0.6 is 11.3 Å². The van der Waals surface area contributed by atoms with Crippen molar-refractivity contribution in [3.8, 4) is 0 Å². The Morgan fingerprint density at radius 1 is 1.08 bits per heavy atom. The van der Waals surface area contributed by atoms with E-state index in [1.807, 2.05) is 59.6 Å². The smallest absolute Gasteiger partial charge is 0.246 e. The minimum absolute atomic E-state index is 0.0572. The zero-order valence-electron chi connectivity index (χ0n) is 14.4. The summed E-state index contributed by atoms with van der Waals surface area (Å²) in [4.78, 5) is 25.6. The molecule has 1 amide bonds. The molecule has 5 nitrogen and oxygen atoms in total. The van der Waals surface area contributed by atoms with Gasteiger partial charge in [0.2, 0.25) is 5.91 Å². The van der Waals surface area contributed by atoms with Crippen molar-refractivity contribution >= 4 is 33.5 Å². The van der Waals surface area contributed by atoms with Gasteiger partial charge < -0.3 is 4.90 Å². The summed E-state index contributed by atoms with van der Waals surface area (Å²) >= 11 is 1.60. The van der Waals surface area contributed by atoms with Crippen molar-refractivity contribution in [3.05, 3.63) is 65.4 Å². The largest absolute Gasteiger partial charge is 0.337 e. The first-order valence-corrected chi connectivity index (χ1v) is 9.54. The molecule has 132 valence electrons. The van der Waals surface area contributed by atoms with Crippen LogP contribution < -0.4 is 0 Å². The van der Waals surface area contributed by atoms with E-state index < -0.39 is 0 Å². The highest BCUT2D eigenvalue weighted by molar-refractivity contribution is 7.19. The zero-order valence-corrected chi connectivity index (χ0v) is 15.2. The second kappa shape index (κ2) is 7.76. The van der Waals surface area contributed by atoms with Crippen LogP contribution in [0.25, 0.3) is 16.3 Å². The van der Waals surface area contributed by atoms with Gasteiger partial charge in [-0.2, -0.15) is 0 Å².